The van der Waals surface area contributed by atoms with Gasteiger partial charge in [-0.2, -0.15) is 0 Å². The van der Waals surface area contributed by atoms with E-state index in [0.29, 0.717) is 24.6 Å². The molecule has 6 nitrogen and oxygen atoms in total. The molecule has 204 valence electrons. The standard InChI is InChI=1S/C31H40NO5P/c1-31(2,3)30(36-5)27-16-21(10-13-26(27)23-8-7-9-25(17-23)35-4)19-37-29-18-24(14-15-32-29)28(22-11-12-22)20-38(6,33)34/h7-10,13-18,22,28,30H,11-12,19-20H2,1-6H3,(H,33,34)/t28?,30-/m1/s1. The summed E-state index contributed by atoms with van der Waals surface area (Å²) in [4.78, 5) is 14.4. The van der Waals surface area contributed by atoms with Crippen molar-refractivity contribution < 1.29 is 23.7 Å². The summed E-state index contributed by atoms with van der Waals surface area (Å²) in [5, 5.41) is 0. The topological polar surface area (TPSA) is 77.9 Å². The highest BCUT2D eigenvalue weighted by Gasteiger charge is 2.35. The Labute approximate surface area is 226 Å². The third kappa shape index (κ3) is 7.25. The van der Waals surface area contributed by atoms with Crippen molar-refractivity contribution in [1.82, 2.24) is 4.98 Å². The molecule has 0 aliphatic heterocycles. The molecule has 4 rings (SSSR count). The fourth-order valence-corrected chi connectivity index (χ4v) is 6.44. The van der Waals surface area contributed by atoms with Crippen molar-refractivity contribution in [2.75, 3.05) is 27.0 Å². The molecule has 3 atom stereocenters. The lowest BCUT2D eigenvalue weighted by Crippen LogP contribution is -2.21. The van der Waals surface area contributed by atoms with E-state index in [0.717, 1.165) is 46.4 Å². The number of pyridine rings is 1. The van der Waals surface area contributed by atoms with Crippen LogP contribution in [0.15, 0.2) is 60.8 Å². The maximum absolute atomic E-state index is 12.2. The van der Waals surface area contributed by atoms with Gasteiger partial charge in [0.15, 0.2) is 7.37 Å². The van der Waals surface area contributed by atoms with E-state index >= 15 is 0 Å². The second-order valence-corrected chi connectivity index (χ2v) is 14.0. The highest BCUT2D eigenvalue weighted by molar-refractivity contribution is 7.57. The molecule has 0 saturated heterocycles. The predicted octanol–water partition coefficient (Wildman–Crippen LogP) is 7.46. The maximum atomic E-state index is 12.2. The molecule has 3 aromatic rings. The third-order valence-corrected chi connectivity index (χ3v) is 8.17. The van der Waals surface area contributed by atoms with Gasteiger partial charge in [0.2, 0.25) is 5.88 Å². The van der Waals surface area contributed by atoms with Crippen LogP contribution in [0.2, 0.25) is 0 Å². The number of rotatable bonds is 11. The minimum atomic E-state index is -3.13. The monoisotopic (exact) mass is 537 g/mol. The van der Waals surface area contributed by atoms with Crippen molar-refractivity contribution in [2.45, 2.75) is 52.2 Å². The lowest BCUT2D eigenvalue weighted by molar-refractivity contribution is 0.0155. The van der Waals surface area contributed by atoms with Crippen LogP contribution in [0, 0.1) is 11.3 Å². The minimum absolute atomic E-state index is 0.0594. The van der Waals surface area contributed by atoms with Crippen LogP contribution in [0.25, 0.3) is 11.1 Å². The fourth-order valence-electron chi connectivity index (χ4n) is 5.20. The van der Waals surface area contributed by atoms with Gasteiger partial charge >= 0.3 is 0 Å². The van der Waals surface area contributed by atoms with Crippen molar-refractivity contribution in [3.8, 4) is 22.8 Å². The van der Waals surface area contributed by atoms with Gasteiger partial charge in [-0.3, -0.25) is 4.57 Å². The van der Waals surface area contributed by atoms with E-state index in [9.17, 15) is 9.46 Å². The van der Waals surface area contributed by atoms with Crippen LogP contribution in [-0.4, -0.2) is 36.9 Å². The summed E-state index contributed by atoms with van der Waals surface area (Å²) < 4.78 is 29.8. The molecular formula is C31H40NO5P. The fraction of sp³-hybridized carbons (Fsp3) is 0.452. The van der Waals surface area contributed by atoms with E-state index in [1.54, 1.807) is 20.4 Å². The number of hydrogen-bond acceptors (Lipinski definition) is 5. The molecule has 1 aliphatic rings. The summed E-state index contributed by atoms with van der Waals surface area (Å²) in [6, 6.07) is 18.3. The lowest BCUT2D eigenvalue weighted by Gasteiger charge is -2.32. The summed E-state index contributed by atoms with van der Waals surface area (Å²) in [5.74, 6) is 1.85. The molecule has 1 fully saturated rings. The maximum Gasteiger partial charge on any atom is 0.213 e. The van der Waals surface area contributed by atoms with Crippen molar-refractivity contribution >= 4 is 7.37 Å². The number of aromatic nitrogens is 1. The summed E-state index contributed by atoms with van der Waals surface area (Å²) in [5.41, 5.74) is 5.16. The van der Waals surface area contributed by atoms with Gasteiger partial charge in [-0.15, -0.1) is 0 Å². The van der Waals surface area contributed by atoms with E-state index in [4.69, 9.17) is 14.2 Å². The third-order valence-electron chi connectivity index (χ3n) is 7.10. The van der Waals surface area contributed by atoms with Gasteiger partial charge in [-0.1, -0.05) is 45.0 Å². The molecule has 2 aromatic carbocycles. The highest BCUT2D eigenvalue weighted by Crippen LogP contribution is 2.50. The molecule has 1 N–H and O–H groups in total. The second-order valence-electron chi connectivity index (χ2n) is 11.5. The Bertz CT molecular complexity index is 1290. The van der Waals surface area contributed by atoms with Crippen molar-refractivity contribution in [3.63, 3.8) is 0 Å². The number of methoxy groups -OCH3 is 2. The quantitative estimate of drug-likeness (QED) is 0.256. The lowest BCUT2D eigenvalue weighted by atomic mass is 9.81. The van der Waals surface area contributed by atoms with Gasteiger partial charge < -0.3 is 19.1 Å². The Morgan fingerprint density at radius 3 is 2.47 bits per heavy atom. The largest absolute Gasteiger partial charge is 0.497 e. The second kappa shape index (κ2) is 11.6. The van der Waals surface area contributed by atoms with Crippen LogP contribution < -0.4 is 9.47 Å². The summed E-state index contributed by atoms with van der Waals surface area (Å²) in [7, 11) is 0.298. The summed E-state index contributed by atoms with van der Waals surface area (Å²) >= 11 is 0. The van der Waals surface area contributed by atoms with Crippen LogP contribution in [0.4, 0.5) is 0 Å². The molecule has 2 unspecified atom stereocenters. The Kier molecular flexibility index (Phi) is 8.66. The number of nitrogens with zero attached hydrogens (tertiary/aromatic N) is 1. The zero-order chi connectivity index (χ0) is 27.5. The molecule has 0 bridgehead atoms. The number of benzene rings is 2. The van der Waals surface area contributed by atoms with E-state index in [1.165, 1.54) is 6.66 Å². The van der Waals surface area contributed by atoms with Gasteiger partial charge in [0, 0.05) is 32.2 Å². The van der Waals surface area contributed by atoms with Gasteiger partial charge in [0.25, 0.3) is 0 Å². The highest BCUT2D eigenvalue weighted by atomic mass is 31.2. The zero-order valence-electron chi connectivity index (χ0n) is 23.3. The zero-order valence-corrected chi connectivity index (χ0v) is 24.2. The first kappa shape index (κ1) is 28.4. The molecule has 1 aliphatic carbocycles. The Morgan fingerprint density at radius 1 is 1.08 bits per heavy atom. The van der Waals surface area contributed by atoms with Crippen LogP contribution in [0.1, 0.15) is 62.3 Å². The molecule has 0 amide bonds. The molecule has 38 heavy (non-hydrogen) atoms. The molecule has 1 heterocycles. The molecule has 1 aromatic heterocycles. The molecule has 1 saturated carbocycles. The van der Waals surface area contributed by atoms with E-state index < -0.39 is 7.37 Å². The van der Waals surface area contributed by atoms with Gasteiger partial charge in [-0.05, 0) is 82.2 Å². The SMILES string of the molecule is COc1cccc(-c2ccc(COc3cc(C(CP(C)(=O)O)C4CC4)ccn3)cc2[C@@H](OC)C(C)(C)C)c1. The number of ether oxygens (including phenoxy) is 3. The summed E-state index contributed by atoms with van der Waals surface area (Å²) in [6.07, 6.45) is 4.09. The van der Waals surface area contributed by atoms with Crippen molar-refractivity contribution in [3.05, 3.63) is 77.5 Å². The van der Waals surface area contributed by atoms with E-state index in [2.05, 4.69) is 50.0 Å². The van der Waals surface area contributed by atoms with Gasteiger partial charge in [0.05, 0.1) is 13.2 Å². The Balaban J connectivity index is 1.61. The van der Waals surface area contributed by atoms with Gasteiger partial charge in [0.1, 0.15) is 12.4 Å². The summed E-state index contributed by atoms with van der Waals surface area (Å²) in [6.45, 7) is 8.31. The van der Waals surface area contributed by atoms with E-state index in [-0.39, 0.29) is 17.4 Å². The molecule has 0 radical (unpaired) electrons. The Morgan fingerprint density at radius 2 is 1.84 bits per heavy atom. The average Bonchev–Trinajstić information content (AvgIpc) is 3.71. The first-order valence-electron chi connectivity index (χ1n) is 13.2. The van der Waals surface area contributed by atoms with Crippen LogP contribution in [-0.2, 0) is 15.9 Å². The molecular weight excluding hydrogens is 497 g/mol. The minimum Gasteiger partial charge on any atom is -0.497 e. The predicted molar refractivity (Wildman–Crippen MR) is 152 cm³/mol. The normalized spacial score (nSPS) is 16.9. The van der Waals surface area contributed by atoms with E-state index in [1.807, 2.05) is 30.3 Å². The van der Waals surface area contributed by atoms with Crippen LogP contribution in [0.3, 0.4) is 0 Å². The molecule has 0 spiro atoms. The van der Waals surface area contributed by atoms with Gasteiger partial charge in [-0.25, -0.2) is 4.98 Å². The van der Waals surface area contributed by atoms with Crippen LogP contribution >= 0.6 is 7.37 Å². The Hall–Kier alpha value is -2.66. The molecule has 7 heteroatoms. The number of hydrogen-bond donors (Lipinski definition) is 1. The first-order chi connectivity index (χ1) is 18.0. The van der Waals surface area contributed by atoms with Crippen molar-refractivity contribution in [1.29, 1.82) is 0 Å². The van der Waals surface area contributed by atoms with Crippen LogP contribution in [0.5, 0.6) is 11.6 Å². The smallest absolute Gasteiger partial charge is 0.213 e. The van der Waals surface area contributed by atoms with Crippen molar-refractivity contribution in [2.24, 2.45) is 11.3 Å². The first-order valence-corrected chi connectivity index (χ1v) is 15.5. The average molecular weight is 538 g/mol.